The highest BCUT2D eigenvalue weighted by Gasteiger charge is 2.28. The standard InChI is InChI=1S/C12H22O2/c1-3-10(8-12(13)14)9(2)11-6-4-5-7-11/h9-11H,3-8H2,1-2H3,(H,13,14). The summed E-state index contributed by atoms with van der Waals surface area (Å²) in [6.45, 7) is 4.35. The molecule has 14 heavy (non-hydrogen) atoms. The van der Waals surface area contributed by atoms with Crippen molar-refractivity contribution in [2.45, 2.75) is 52.4 Å². The summed E-state index contributed by atoms with van der Waals surface area (Å²) in [5.74, 6) is 1.13. The van der Waals surface area contributed by atoms with Crippen LogP contribution in [0.2, 0.25) is 0 Å². The highest BCUT2D eigenvalue weighted by Crippen LogP contribution is 2.37. The van der Waals surface area contributed by atoms with Crippen LogP contribution in [0, 0.1) is 17.8 Å². The first-order chi connectivity index (χ1) is 6.65. The summed E-state index contributed by atoms with van der Waals surface area (Å²) in [6, 6.07) is 0. The molecule has 0 radical (unpaired) electrons. The molecule has 2 unspecified atom stereocenters. The van der Waals surface area contributed by atoms with Gasteiger partial charge in [-0.05, 0) is 17.8 Å². The normalized spacial score (nSPS) is 22.1. The molecule has 0 heterocycles. The molecule has 0 amide bonds. The Morgan fingerprint density at radius 3 is 2.43 bits per heavy atom. The Kier molecular flexibility index (Phi) is 4.43. The molecule has 0 spiro atoms. The lowest BCUT2D eigenvalue weighted by molar-refractivity contribution is -0.138. The fourth-order valence-corrected chi connectivity index (χ4v) is 2.79. The van der Waals surface area contributed by atoms with Gasteiger partial charge in [0.25, 0.3) is 0 Å². The van der Waals surface area contributed by atoms with Crippen LogP contribution in [0.25, 0.3) is 0 Å². The minimum absolute atomic E-state index is 0.355. The molecule has 1 aliphatic carbocycles. The number of carboxylic acids is 1. The Labute approximate surface area is 86.7 Å². The number of carbonyl (C=O) groups is 1. The number of carboxylic acid groups (broad SMARTS) is 1. The van der Waals surface area contributed by atoms with E-state index in [4.69, 9.17) is 5.11 Å². The van der Waals surface area contributed by atoms with Gasteiger partial charge in [0, 0.05) is 6.42 Å². The SMILES string of the molecule is CCC(CC(=O)O)C(C)C1CCCC1. The van der Waals surface area contributed by atoms with E-state index in [0.29, 0.717) is 18.3 Å². The molecule has 1 rings (SSSR count). The van der Waals surface area contributed by atoms with E-state index in [1.165, 1.54) is 25.7 Å². The van der Waals surface area contributed by atoms with Crippen molar-refractivity contribution in [3.63, 3.8) is 0 Å². The van der Waals surface area contributed by atoms with Crippen molar-refractivity contribution < 1.29 is 9.90 Å². The predicted octanol–water partition coefficient (Wildman–Crippen LogP) is 3.31. The van der Waals surface area contributed by atoms with Crippen molar-refractivity contribution in [1.82, 2.24) is 0 Å². The van der Waals surface area contributed by atoms with E-state index in [9.17, 15) is 4.79 Å². The molecule has 1 N–H and O–H groups in total. The van der Waals surface area contributed by atoms with E-state index < -0.39 is 5.97 Å². The Bertz CT molecular complexity index is 183. The van der Waals surface area contributed by atoms with Gasteiger partial charge in [0.1, 0.15) is 0 Å². The molecule has 0 aromatic heterocycles. The molecule has 0 saturated heterocycles. The predicted molar refractivity (Wildman–Crippen MR) is 57.2 cm³/mol. The summed E-state index contributed by atoms with van der Waals surface area (Å²) >= 11 is 0. The van der Waals surface area contributed by atoms with Gasteiger partial charge in [0.05, 0.1) is 0 Å². The smallest absolute Gasteiger partial charge is 0.303 e. The van der Waals surface area contributed by atoms with Crippen LogP contribution in [-0.4, -0.2) is 11.1 Å². The minimum atomic E-state index is -0.637. The second-order valence-electron chi connectivity index (χ2n) is 4.67. The van der Waals surface area contributed by atoms with E-state index in [1.54, 1.807) is 0 Å². The van der Waals surface area contributed by atoms with E-state index in [1.807, 2.05) is 0 Å². The number of hydrogen-bond donors (Lipinski definition) is 1. The molecular formula is C12H22O2. The summed E-state index contributed by atoms with van der Waals surface area (Å²) in [4.78, 5) is 10.7. The van der Waals surface area contributed by atoms with Crippen molar-refractivity contribution in [2.75, 3.05) is 0 Å². The molecule has 0 aromatic rings. The highest BCUT2D eigenvalue weighted by atomic mass is 16.4. The van der Waals surface area contributed by atoms with E-state index in [2.05, 4.69) is 13.8 Å². The van der Waals surface area contributed by atoms with Crippen LogP contribution in [0.1, 0.15) is 52.4 Å². The van der Waals surface area contributed by atoms with Gasteiger partial charge < -0.3 is 5.11 Å². The van der Waals surface area contributed by atoms with Crippen molar-refractivity contribution in [3.8, 4) is 0 Å². The fourth-order valence-electron chi connectivity index (χ4n) is 2.79. The summed E-state index contributed by atoms with van der Waals surface area (Å²) < 4.78 is 0. The van der Waals surface area contributed by atoms with Crippen molar-refractivity contribution in [3.05, 3.63) is 0 Å². The molecular weight excluding hydrogens is 176 g/mol. The third-order valence-electron chi connectivity index (χ3n) is 3.85. The molecule has 2 heteroatoms. The van der Waals surface area contributed by atoms with Gasteiger partial charge in [-0.2, -0.15) is 0 Å². The summed E-state index contributed by atoms with van der Waals surface area (Å²) in [5.41, 5.74) is 0. The van der Waals surface area contributed by atoms with Crippen LogP contribution >= 0.6 is 0 Å². The Hall–Kier alpha value is -0.530. The van der Waals surface area contributed by atoms with Gasteiger partial charge in [-0.3, -0.25) is 4.79 Å². The van der Waals surface area contributed by atoms with Crippen LogP contribution in [0.15, 0.2) is 0 Å². The van der Waals surface area contributed by atoms with Crippen LogP contribution in [0.5, 0.6) is 0 Å². The van der Waals surface area contributed by atoms with Crippen LogP contribution in [0.4, 0.5) is 0 Å². The zero-order valence-electron chi connectivity index (χ0n) is 9.33. The largest absolute Gasteiger partial charge is 0.481 e. The minimum Gasteiger partial charge on any atom is -0.481 e. The van der Waals surface area contributed by atoms with Crippen molar-refractivity contribution >= 4 is 5.97 Å². The zero-order valence-corrected chi connectivity index (χ0v) is 9.33. The molecule has 1 aliphatic rings. The molecule has 1 saturated carbocycles. The maximum absolute atomic E-state index is 10.7. The van der Waals surface area contributed by atoms with Crippen molar-refractivity contribution in [2.24, 2.45) is 17.8 Å². The molecule has 0 bridgehead atoms. The molecule has 1 fully saturated rings. The number of rotatable bonds is 5. The number of aliphatic carboxylic acids is 1. The second-order valence-corrected chi connectivity index (χ2v) is 4.67. The Balaban J connectivity index is 2.45. The highest BCUT2D eigenvalue weighted by molar-refractivity contribution is 5.67. The maximum Gasteiger partial charge on any atom is 0.303 e. The van der Waals surface area contributed by atoms with Gasteiger partial charge in [-0.1, -0.05) is 46.0 Å². The second kappa shape index (κ2) is 5.38. The third-order valence-corrected chi connectivity index (χ3v) is 3.85. The van der Waals surface area contributed by atoms with Gasteiger partial charge >= 0.3 is 5.97 Å². The average molecular weight is 198 g/mol. The topological polar surface area (TPSA) is 37.3 Å². The van der Waals surface area contributed by atoms with Gasteiger partial charge in [0.2, 0.25) is 0 Å². The molecule has 82 valence electrons. The summed E-state index contributed by atoms with van der Waals surface area (Å²) in [5, 5.41) is 8.81. The fraction of sp³-hybridized carbons (Fsp3) is 0.917. The van der Waals surface area contributed by atoms with E-state index in [-0.39, 0.29) is 0 Å². The quantitative estimate of drug-likeness (QED) is 0.735. The summed E-state index contributed by atoms with van der Waals surface area (Å²) in [7, 11) is 0. The lowest BCUT2D eigenvalue weighted by Crippen LogP contribution is -2.21. The van der Waals surface area contributed by atoms with Crippen molar-refractivity contribution in [1.29, 1.82) is 0 Å². The van der Waals surface area contributed by atoms with Crippen LogP contribution in [-0.2, 0) is 4.79 Å². The molecule has 0 aliphatic heterocycles. The van der Waals surface area contributed by atoms with E-state index >= 15 is 0 Å². The lowest BCUT2D eigenvalue weighted by atomic mass is 9.79. The first-order valence-corrected chi connectivity index (χ1v) is 5.87. The Morgan fingerprint density at radius 1 is 1.43 bits per heavy atom. The lowest BCUT2D eigenvalue weighted by Gasteiger charge is -2.26. The number of hydrogen-bond acceptors (Lipinski definition) is 1. The molecule has 0 aromatic carbocycles. The van der Waals surface area contributed by atoms with Gasteiger partial charge in [-0.15, -0.1) is 0 Å². The van der Waals surface area contributed by atoms with Crippen LogP contribution < -0.4 is 0 Å². The molecule has 2 atom stereocenters. The Morgan fingerprint density at radius 2 is 2.00 bits per heavy atom. The zero-order chi connectivity index (χ0) is 10.6. The van der Waals surface area contributed by atoms with Gasteiger partial charge in [0.15, 0.2) is 0 Å². The first kappa shape index (κ1) is 11.5. The average Bonchev–Trinajstić information content (AvgIpc) is 2.65. The van der Waals surface area contributed by atoms with E-state index in [0.717, 1.165) is 12.3 Å². The maximum atomic E-state index is 10.7. The first-order valence-electron chi connectivity index (χ1n) is 5.87. The summed E-state index contributed by atoms with van der Waals surface area (Å²) in [6.07, 6.45) is 6.68. The van der Waals surface area contributed by atoms with Crippen LogP contribution in [0.3, 0.4) is 0 Å². The monoisotopic (exact) mass is 198 g/mol. The van der Waals surface area contributed by atoms with Gasteiger partial charge in [-0.25, -0.2) is 0 Å². The third kappa shape index (κ3) is 3.00. The molecule has 2 nitrogen and oxygen atoms in total.